The predicted molar refractivity (Wildman–Crippen MR) is 88.3 cm³/mol. The first kappa shape index (κ1) is 18.2. The largest absolute Gasteiger partial charge is 0.468 e. The van der Waals surface area contributed by atoms with Gasteiger partial charge in [-0.1, -0.05) is 23.1 Å². The van der Waals surface area contributed by atoms with Gasteiger partial charge in [0.15, 0.2) is 4.34 Å². The molecule has 0 aromatic carbocycles. The maximum Gasteiger partial charge on any atom is 0.325 e. The van der Waals surface area contributed by atoms with Gasteiger partial charge >= 0.3 is 5.97 Å². The fraction of sp³-hybridized carbons (Fsp3) is 0.769. The number of hydrogen-bond acceptors (Lipinski definition) is 8. The van der Waals surface area contributed by atoms with E-state index in [0.717, 1.165) is 15.2 Å². The summed E-state index contributed by atoms with van der Waals surface area (Å²) in [6.07, 6.45) is 0.666. The van der Waals surface area contributed by atoms with E-state index in [4.69, 9.17) is 4.74 Å². The molecule has 21 heavy (non-hydrogen) atoms. The summed E-state index contributed by atoms with van der Waals surface area (Å²) in [5.41, 5.74) is -0.676. The maximum absolute atomic E-state index is 12.0. The highest BCUT2D eigenvalue weighted by molar-refractivity contribution is 8.01. The van der Waals surface area contributed by atoms with Crippen LogP contribution in [0.4, 0.5) is 5.13 Å². The van der Waals surface area contributed by atoms with E-state index in [1.54, 1.807) is 23.1 Å². The number of carbonyl (C=O) groups excluding carboxylic acids is 1. The lowest BCUT2D eigenvalue weighted by molar-refractivity contribution is -0.148. The number of aromatic nitrogens is 2. The Kier molecular flexibility index (Phi) is 6.89. The number of nitrogens with one attached hydrogen (secondary N) is 1. The summed E-state index contributed by atoms with van der Waals surface area (Å²) < 4.78 is 5.82. The Bertz CT molecular complexity index is 465. The van der Waals surface area contributed by atoms with E-state index in [-0.39, 0.29) is 12.0 Å². The van der Waals surface area contributed by atoms with Gasteiger partial charge in [0.05, 0.1) is 7.11 Å². The van der Waals surface area contributed by atoms with Gasteiger partial charge in [-0.15, -0.1) is 10.2 Å². The zero-order valence-electron chi connectivity index (χ0n) is 13.5. The Labute approximate surface area is 134 Å². The van der Waals surface area contributed by atoms with E-state index in [9.17, 15) is 4.79 Å². The van der Waals surface area contributed by atoms with Crippen LogP contribution >= 0.6 is 23.1 Å². The first-order valence-corrected chi connectivity index (χ1v) is 8.58. The van der Waals surface area contributed by atoms with Gasteiger partial charge in [0.2, 0.25) is 5.13 Å². The molecule has 1 heterocycles. The first-order chi connectivity index (χ1) is 9.78. The number of thioether (sulfide) groups is 1. The van der Waals surface area contributed by atoms with Crippen LogP contribution in [-0.2, 0) is 9.53 Å². The van der Waals surface area contributed by atoms with E-state index in [1.807, 2.05) is 39.8 Å². The van der Waals surface area contributed by atoms with Crippen molar-refractivity contribution in [2.24, 2.45) is 0 Å². The maximum atomic E-state index is 12.0. The van der Waals surface area contributed by atoms with Crippen LogP contribution in [0.2, 0.25) is 0 Å². The standard InChI is InChI=1S/C13H24N4O2S2/c1-9(2)14-13(3,10(18)19-6)7-8-20-12-16-15-11(21-12)17(4)5/h9,14H,7-8H2,1-6H3. The summed E-state index contributed by atoms with van der Waals surface area (Å²) in [6.45, 7) is 5.91. The summed E-state index contributed by atoms with van der Waals surface area (Å²) in [5.74, 6) is 0.538. The summed E-state index contributed by atoms with van der Waals surface area (Å²) >= 11 is 3.16. The van der Waals surface area contributed by atoms with Crippen molar-refractivity contribution in [3.63, 3.8) is 0 Å². The van der Waals surface area contributed by atoms with Gasteiger partial charge in [0.25, 0.3) is 0 Å². The molecule has 0 radical (unpaired) electrons. The third kappa shape index (κ3) is 5.44. The van der Waals surface area contributed by atoms with Crippen molar-refractivity contribution in [2.75, 3.05) is 31.9 Å². The van der Waals surface area contributed by atoms with Crippen LogP contribution in [0.25, 0.3) is 0 Å². The van der Waals surface area contributed by atoms with Gasteiger partial charge < -0.3 is 9.64 Å². The SMILES string of the molecule is COC(=O)C(C)(CCSc1nnc(N(C)C)s1)NC(C)C. The first-order valence-electron chi connectivity index (χ1n) is 6.78. The molecule has 1 unspecified atom stereocenters. The molecule has 0 aliphatic carbocycles. The van der Waals surface area contributed by atoms with Gasteiger partial charge in [0, 0.05) is 25.9 Å². The van der Waals surface area contributed by atoms with Crippen molar-refractivity contribution in [1.82, 2.24) is 15.5 Å². The number of carbonyl (C=O) groups is 1. The topological polar surface area (TPSA) is 67.3 Å². The Hall–Kier alpha value is -0.860. The minimum atomic E-state index is -0.676. The fourth-order valence-corrected chi connectivity index (χ4v) is 3.87. The zero-order chi connectivity index (χ0) is 16.0. The number of methoxy groups -OCH3 is 1. The number of rotatable bonds is 8. The second kappa shape index (κ2) is 7.95. The average molecular weight is 332 g/mol. The zero-order valence-corrected chi connectivity index (χ0v) is 15.1. The highest BCUT2D eigenvalue weighted by Crippen LogP contribution is 2.28. The molecule has 0 saturated heterocycles. The molecular weight excluding hydrogens is 308 g/mol. The van der Waals surface area contributed by atoms with Crippen LogP contribution in [0.3, 0.4) is 0 Å². The lowest BCUT2D eigenvalue weighted by atomic mass is 9.98. The molecular formula is C13H24N4O2S2. The van der Waals surface area contributed by atoms with Gasteiger partial charge in [-0.2, -0.15) is 0 Å². The normalized spacial score (nSPS) is 14.0. The van der Waals surface area contributed by atoms with E-state index >= 15 is 0 Å². The molecule has 1 N–H and O–H groups in total. The quantitative estimate of drug-likeness (QED) is 0.577. The van der Waals surface area contributed by atoms with Crippen LogP contribution in [-0.4, -0.2) is 54.7 Å². The molecule has 0 bridgehead atoms. The molecule has 1 atom stereocenters. The third-order valence-corrected chi connectivity index (χ3v) is 5.08. The Morgan fingerprint density at radius 3 is 2.62 bits per heavy atom. The second-order valence-electron chi connectivity index (χ2n) is 5.47. The molecule has 0 fully saturated rings. The third-order valence-electron chi connectivity index (χ3n) is 2.85. The summed E-state index contributed by atoms with van der Waals surface area (Å²) in [6, 6.07) is 0.209. The van der Waals surface area contributed by atoms with Crippen LogP contribution in [0, 0.1) is 0 Å². The van der Waals surface area contributed by atoms with E-state index in [1.165, 1.54) is 7.11 Å². The molecule has 0 saturated carbocycles. The van der Waals surface area contributed by atoms with Crippen LogP contribution in [0.15, 0.2) is 4.34 Å². The Balaban J connectivity index is 2.58. The lowest BCUT2D eigenvalue weighted by Crippen LogP contribution is -2.53. The number of hydrogen-bond donors (Lipinski definition) is 1. The molecule has 120 valence electrons. The number of nitrogens with zero attached hydrogens (tertiary/aromatic N) is 3. The van der Waals surface area contributed by atoms with Gasteiger partial charge in [0.1, 0.15) is 5.54 Å². The molecule has 0 aliphatic heterocycles. The monoisotopic (exact) mass is 332 g/mol. The van der Waals surface area contributed by atoms with Crippen molar-refractivity contribution in [3.05, 3.63) is 0 Å². The number of ether oxygens (including phenoxy) is 1. The molecule has 6 nitrogen and oxygen atoms in total. The van der Waals surface area contributed by atoms with Gasteiger partial charge in [-0.05, 0) is 27.2 Å². The predicted octanol–water partition coefficient (Wildman–Crippen LogP) is 2.02. The van der Waals surface area contributed by atoms with Crippen molar-refractivity contribution < 1.29 is 9.53 Å². The molecule has 0 amide bonds. The number of esters is 1. The van der Waals surface area contributed by atoms with Crippen molar-refractivity contribution in [2.45, 2.75) is 43.1 Å². The van der Waals surface area contributed by atoms with E-state index < -0.39 is 5.54 Å². The molecule has 0 aliphatic rings. The van der Waals surface area contributed by atoms with Gasteiger partial charge in [-0.3, -0.25) is 10.1 Å². The van der Waals surface area contributed by atoms with Crippen LogP contribution in [0.1, 0.15) is 27.2 Å². The lowest BCUT2D eigenvalue weighted by Gasteiger charge is -2.29. The molecule has 0 spiro atoms. The Morgan fingerprint density at radius 1 is 1.48 bits per heavy atom. The van der Waals surface area contributed by atoms with Gasteiger partial charge in [-0.25, -0.2) is 0 Å². The van der Waals surface area contributed by atoms with Crippen molar-refractivity contribution >= 4 is 34.2 Å². The minimum Gasteiger partial charge on any atom is -0.468 e. The molecule has 1 aromatic heterocycles. The second-order valence-corrected chi connectivity index (χ2v) is 7.76. The number of anilines is 1. The minimum absolute atomic E-state index is 0.209. The summed E-state index contributed by atoms with van der Waals surface area (Å²) in [7, 11) is 5.30. The fourth-order valence-electron chi connectivity index (χ4n) is 1.88. The van der Waals surface area contributed by atoms with Crippen LogP contribution in [0.5, 0.6) is 0 Å². The highest BCUT2D eigenvalue weighted by atomic mass is 32.2. The van der Waals surface area contributed by atoms with E-state index in [0.29, 0.717) is 6.42 Å². The average Bonchev–Trinajstić information content (AvgIpc) is 2.85. The molecule has 8 heteroatoms. The molecule has 1 aromatic rings. The van der Waals surface area contributed by atoms with Crippen LogP contribution < -0.4 is 10.2 Å². The Morgan fingerprint density at radius 2 is 2.14 bits per heavy atom. The summed E-state index contributed by atoms with van der Waals surface area (Å²) in [5, 5.41) is 12.4. The highest BCUT2D eigenvalue weighted by Gasteiger charge is 2.34. The van der Waals surface area contributed by atoms with Crippen molar-refractivity contribution in [1.29, 1.82) is 0 Å². The van der Waals surface area contributed by atoms with Crippen molar-refractivity contribution in [3.8, 4) is 0 Å². The summed E-state index contributed by atoms with van der Waals surface area (Å²) in [4.78, 5) is 13.9. The van der Waals surface area contributed by atoms with E-state index in [2.05, 4.69) is 15.5 Å². The smallest absolute Gasteiger partial charge is 0.325 e. The molecule has 1 rings (SSSR count).